The Bertz CT molecular complexity index is 1600. The third-order valence-corrected chi connectivity index (χ3v) is 13.5. The SMILES string of the molecule is C=C(/C=C\C(O)=C/C)C1(c2ccc(O)cc2)C(C)CC2CCCC1C2.CCC1C2CCCC2CCC1(c1ccc(O)cc1)c1ccc(O)cc1. The minimum absolute atomic E-state index is 0.0122. The highest BCUT2D eigenvalue weighted by Gasteiger charge is 2.52. The van der Waals surface area contributed by atoms with Crippen LogP contribution in [0, 0.1) is 35.5 Å². The van der Waals surface area contributed by atoms with Gasteiger partial charge < -0.3 is 20.4 Å². The van der Waals surface area contributed by atoms with Crippen molar-refractivity contribution in [2.75, 3.05) is 0 Å². The number of aromatic hydroxyl groups is 3. The smallest absolute Gasteiger partial charge is 0.115 e. The molecule has 0 aromatic heterocycles. The highest BCUT2D eigenvalue weighted by molar-refractivity contribution is 5.47. The van der Waals surface area contributed by atoms with E-state index in [1.165, 1.54) is 80.9 Å². The molecule has 0 radical (unpaired) electrons. The van der Waals surface area contributed by atoms with E-state index in [0.29, 0.717) is 35.0 Å². The van der Waals surface area contributed by atoms with Crippen LogP contribution in [0.5, 0.6) is 17.2 Å². The van der Waals surface area contributed by atoms with Gasteiger partial charge in [-0.15, -0.1) is 0 Å². The van der Waals surface area contributed by atoms with E-state index in [0.717, 1.165) is 29.7 Å². The van der Waals surface area contributed by atoms with Crippen LogP contribution in [-0.2, 0) is 10.8 Å². The summed E-state index contributed by atoms with van der Waals surface area (Å²) in [5.74, 6) is 5.41. The molecule has 2 bridgehead atoms. The van der Waals surface area contributed by atoms with Gasteiger partial charge in [-0.25, -0.2) is 0 Å². The minimum atomic E-state index is -0.116. The summed E-state index contributed by atoms with van der Waals surface area (Å²) in [6, 6.07) is 23.5. The zero-order chi connectivity index (χ0) is 35.5. The number of hydrogen-bond donors (Lipinski definition) is 4. The van der Waals surface area contributed by atoms with Gasteiger partial charge in [0, 0.05) is 10.8 Å². The van der Waals surface area contributed by atoms with Gasteiger partial charge in [0.05, 0.1) is 0 Å². The second-order valence-electron chi connectivity index (χ2n) is 15.8. The van der Waals surface area contributed by atoms with Crippen LogP contribution < -0.4 is 0 Å². The normalized spacial score (nSPS) is 30.3. The standard InChI is InChI=1S/C23H28O2.C23H30O2/c1-2-22-21-5-3-4-16(21)14-15-23(22,17-6-10-19(24)11-7-17)18-8-12-20(25)13-9-18;1-4-21(24)11-8-16(2)23(19-9-12-22(25)13-10-19)17(3)14-18-6-5-7-20(23)15-18/h6-13,16,21-22,24-25H,2-5,14-15H2,1H3;4,8-13,17-18,20,24-25H,2,5-7,14-15H2,1,3H3/b;11-8-,21-4+. The maximum Gasteiger partial charge on any atom is 0.115 e. The average Bonchev–Trinajstić information content (AvgIpc) is 3.61. The van der Waals surface area contributed by atoms with Gasteiger partial charge in [-0.3, -0.25) is 0 Å². The summed E-state index contributed by atoms with van der Waals surface area (Å²) in [6.07, 6.45) is 19.5. The Kier molecular flexibility index (Phi) is 10.9. The number of allylic oxidation sites excluding steroid dienone is 4. The van der Waals surface area contributed by atoms with Gasteiger partial charge in [0.25, 0.3) is 0 Å². The molecule has 0 aliphatic heterocycles. The monoisotopic (exact) mass is 674 g/mol. The summed E-state index contributed by atoms with van der Waals surface area (Å²) < 4.78 is 0. The molecule has 4 heteroatoms. The number of fused-ring (bicyclic) bond motifs is 3. The Labute approximate surface area is 300 Å². The largest absolute Gasteiger partial charge is 0.508 e. The van der Waals surface area contributed by atoms with Crippen molar-refractivity contribution in [2.45, 2.75) is 102 Å². The molecule has 7 rings (SSSR count). The summed E-state index contributed by atoms with van der Waals surface area (Å²) >= 11 is 0. The van der Waals surface area contributed by atoms with Gasteiger partial charge in [-0.1, -0.05) is 95.0 Å². The van der Waals surface area contributed by atoms with Crippen molar-refractivity contribution in [3.8, 4) is 17.2 Å². The third-order valence-electron chi connectivity index (χ3n) is 13.5. The van der Waals surface area contributed by atoms with E-state index >= 15 is 0 Å². The van der Waals surface area contributed by atoms with E-state index in [4.69, 9.17) is 0 Å². The minimum Gasteiger partial charge on any atom is -0.508 e. The molecule has 3 aromatic rings. The molecule has 0 spiro atoms. The van der Waals surface area contributed by atoms with Crippen molar-refractivity contribution in [3.63, 3.8) is 0 Å². The molecule has 0 amide bonds. The van der Waals surface area contributed by atoms with Crippen LogP contribution in [0.25, 0.3) is 0 Å². The van der Waals surface area contributed by atoms with Crippen LogP contribution in [0.1, 0.15) is 108 Å². The number of hydrogen-bond acceptors (Lipinski definition) is 4. The van der Waals surface area contributed by atoms with Crippen molar-refractivity contribution in [2.24, 2.45) is 35.5 Å². The highest BCUT2D eigenvalue weighted by atomic mass is 16.3. The number of aliphatic hydroxyl groups excluding tert-OH is 1. The molecule has 4 aliphatic carbocycles. The van der Waals surface area contributed by atoms with Crippen LogP contribution in [-0.4, -0.2) is 20.4 Å². The van der Waals surface area contributed by atoms with Gasteiger partial charge >= 0.3 is 0 Å². The fourth-order valence-corrected chi connectivity index (χ4v) is 11.4. The molecular formula is C46H58O4. The van der Waals surface area contributed by atoms with Crippen LogP contribution in [0.2, 0.25) is 0 Å². The molecule has 4 aliphatic rings. The summed E-state index contributed by atoms with van der Waals surface area (Å²) in [6.45, 7) is 11.0. The van der Waals surface area contributed by atoms with Crippen molar-refractivity contribution in [3.05, 3.63) is 126 Å². The van der Waals surface area contributed by atoms with Crippen LogP contribution >= 0.6 is 0 Å². The van der Waals surface area contributed by atoms with Gasteiger partial charge in [-0.2, -0.15) is 0 Å². The van der Waals surface area contributed by atoms with Crippen molar-refractivity contribution in [1.29, 1.82) is 0 Å². The Hall–Kier alpha value is -3.92. The maximum absolute atomic E-state index is 9.84. The molecule has 4 nitrogen and oxygen atoms in total. The second-order valence-corrected chi connectivity index (χ2v) is 15.8. The summed E-state index contributed by atoms with van der Waals surface area (Å²) in [5.41, 5.74) is 4.82. The van der Waals surface area contributed by atoms with Crippen LogP contribution in [0.3, 0.4) is 0 Å². The number of phenolic OH excluding ortho intramolecular Hbond substituents is 3. The molecule has 50 heavy (non-hydrogen) atoms. The number of benzene rings is 3. The fraction of sp³-hybridized carbons (Fsp3) is 0.478. The molecule has 4 fully saturated rings. The predicted octanol–water partition coefficient (Wildman–Crippen LogP) is 11.7. The van der Waals surface area contributed by atoms with Gasteiger partial charge in [0.15, 0.2) is 0 Å². The maximum atomic E-state index is 9.84. The van der Waals surface area contributed by atoms with Crippen molar-refractivity contribution in [1.82, 2.24) is 0 Å². The van der Waals surface area contributed by atoms with Crippen LogP contribution in [0.15, 0.2) is 109 Å². The van der Waals surface area contributed by atoms with Gasteiger partial charge in [-0.05, 0) is 152 Å². The topological polar surface area (TPSA) is 80.9 Å². The van der Waals surface area contributed by atoms with E-state index < -0.39 is 0 Å². The number of rotatable bonds is 7. The number of aliphatic hydroxyl groups is 1. The Morgan fingerprint density at radius 1 is 0.740 bits per heavy atom. The molecule has 4 N–H and O–H groups in total. The van der Waals surface area contributed by atoms with Crippen molar-refractivity contribution < 1.29 is 20.4 Å². The zero-order valence-corrected chi connectivity index (χ0v) is 30.4. The number of phenols is 3. The summed E-state index contributed by atoms with van der Waals surface area (Å²) in [4.78, 5) is 0. The average molecular weight is 675 g/mol. The first kappa shape index (κ1) is 35.9. The second kappa shape index (κ2) is 15.1. The quantitative estimate of drug-likeness (QED) is 0.148. The summed E-state index contributed by atoms with van der Waals surface area (Å²) in [5, 5.41) is 39.2. The predicted molar refractivity (Wildman–Crippen MR) is 205 cm³/mol. The molecule has 4 saturated carbocycles. The van der Waals surface area contributed by atoms with Gasteiger partial charge in [0.1, 0.15) is 23.0 Å². The van der Waals surface area contributed by atoms with Crippen molar-refractivity contribution >= 4 is 0 Å². The molecule has 266 valence electrons. The third kappa shape index (κ3) is 6.63. The highest BCUT2D eigenvalue weighted by Crippen LogP contribution is 2.59. The fourth-order valence-electron chi connectivity index (χ4n) is 11.4. The van der Waals surface area contributed by atoms with Gasteiger partial charge in [0.2, 0.25) is 0 Å². The summed E-state index contributed by atoms with van der Waals surface area (Å²) in [7, 11) is 0. The molecule has 3 aromatic carbocycles. The Morgan fingerprint density at radius 3 is 1.86 bits per heavy atom. The van der Waals surface area contributed by atoms with E-state index in [1.54, 1.807) is 24.3 Å². The van der Waals surface area contributed by atoms with E-state index in [1.807, 2.05) is 37.3 Å². The Balaban J connectivity index is 0.000000173. The molecule has 0 saturated heterocycles. The molecular weight excluding hydrogens is 617 g/mol. The van der Waals surface area contributed by atoms with Crippen LogP contribution in [0.4, 0.5) is 0 Å². The Morgan fingerprint density at radius 2 is 1.30 bits per heavy atom. The zero-order valence-electron chi connectivity index (χ0n) is 30.4. The lowest BCUT2D eigenvalue weighted by Crippen LogP contribution is -2.49. The lowest BCUT2D eigenvalue weighted by atomic mass is 9.49. The van der Waals surface area contributed by atoms with E-state index in [9.17, 15) is 20.4 Å². The molecule has 0 heterocycles. The van der Waals surface area contributed by atoms with E-state index in [-0.39, 0.29) is 16.6 Å². The first-order valence-electron chi connectivity index (χ1n) is 19.2. The lowest BCUT2D eigenvalue weighted by molar-refractivity contribution is 0.0640. The molecule has 7 atom stereocenters. The molecule has 7 unspecified atom stereocenters. The first-order chi connectivity index (χ1) is 24.1. The van der Waals surface area contributed by atoms with E-state index in [2.05, 4.69) is 56.8 Å². The lowest BCUT2D eigenvalue weighted by Gasteiger charge is -2.54. The first-order valence-corrected chi connectivity index (χ1v) is 19.2.